The van der Waals surface area contributed by atoms with Crippen molar-refractivity contribution < 1.29 is 9.68 Å². The highest BCUT2D eigenvalue weighted by molar-refractivity contribution is 14.1. The number of para-hydroxylation sites is 6. The van der Waals surface area contributed by atoms with Crippen LogP contribution in [0.4, 0.5) is 34.1 Å². The first-order chi connectivity index (χ1) is 51.5. The molecule has 2 aromatic heterocycles. The van der Waals surface area contributed by atoms with Gasteiger partial charge >= 0.3 is 7.69 Å². The molecule has 0 aliphatic heterocycles. The summed E-state index contributed by atoms with van der Waals surface area (Å²) < 4.78 is 11.0. The molecule has 0 bridgehead atoms. The van der Waals surface area contributed by atoms with Crippen LogP contribution >= 0.6 is 22.6 Å². The van der Waals surface area contributed by atoms with E-state index in [0.29, 0.717) is 13.4 Å². The third-order valence-electron chi connectivity index (χ3n) is 19.0. The maximum absolute atomic E-state index is 8.82. The van der Waals surface area contributed by atoms with Gasteiger partial charge in [0.15, 0.2) is 0 Å². The average molecular weight is 1450 g/mol. The van der Waals surface area contributed by atoms with Crippen LogP contribution in [-0.4, -0.2) is 21.8 Å². The molecule has 6 nitrogen and oxygen atoms in total. The largest absolute Gasteiger partial charge is 0.569 e. The Balaban J connectivity index is 0.000000131. The SMILES string of the molecule is Ic1ccc(-c2ccc(-n3c4ccccc4c4ccccc43)cc2)cc1.O[B]Oc1ccc(N(c2ccccc2)c2ccc(-c3ccccc3)cc2)cc1.c1ccc(-c2ccc(N(c3ccccc3)c3ccc(-c4ccc(-c5ccc(-n6c7ccccc7c7ccccc76)cc5)cc4)cc3)cc2)cc1. The normalized spacial score (nSPS) is 11.0. The Morgan fingerprint density at radius 2 is 0.433 bits per heavy atom. The molecule has 0 spiro atoms. The van der Waals surface area contributed by atoms with Crippen molar-refractivity contribution in [2.75, 3.05) is 9.80 Å². The van der Waals surface area contributed by atoms with Crippen LogP contribution < -0.4 is 14.5 Å². The lowest BCUT2D eigenvalue weighted by Crippen LogP contribution is -2.09. The summed E-state index contributed by atoms with van der Waals surface area (Å²) in [6.07, 6.45) is 0. The zero-order valence-corrected chi connectivity index (χ0v) is 59.0. The van der Waals surface area contributed by atoms with Crippen LogP contribution in [0.5, 0.6) is 5.75 Å². The third-order valence-corrected chi connectivity index (χ3v) is 19.8. The lowest BCUT2D eigenvalue weighted by atomic mass is 9.99. The van der Waals surface area contributed by atoms with Gasteiger partial charge in [0.2, 0.25) is 0 Å². The fourth-order valence-electron chi connectivity index (χ4n) is 14.0. The van der Waals surface area contributed by atoms with E-state index in [1.165, 1.54) is 114 Å². The first-order valence-corrected chi connectivity index (χ1v) is 35.9. The number of anilines is 6. The van der Waals surface area contributed by atoms with Crippen molar-refractivity contribution in [1.29, 1.82) is 0 Å². The van der Waals surface area contributed by atoms with E-state index in [9.17, 15) is 0 Å². The van der Waals surface area contributed by atoms with Crippen LogP contribution in [0.3, 0.4) is 0 Å². The molecule has 0 atom stereocenters. The van der Waals surface area contributed by atoms with Crippen LogP contribution in [0.1, 0.15) is 0 Å². The van der Waals surface area contributed by atoms with E-state index >= 15 is 0 Å². The van der Waals surface area contributed by atoms with E-state index in [-0.39, 0.29) is 0 Å². The zero-order valence-electron chi connectivity index (χ0n) is 56.9. The summed E-state index contributed by atoms with van der Waals surface area (Å²) in [4.78, 5) is 4.49. The maximum Gasteiger partial charge on any atom is 0.569 e. The van der Waals surface area contributed by atoms with Crippen LogP contribution in [-0.2, 0) is 0 Å². The van der Waals surface area contributed by atoms with Gasteiger partial charge in [0.1, 0.15) is 5.75 Å². The van der Waals surface area contributed by atoms with Gasteiger partial charge in [-0.1, -0.05) is 267 Å². The summed E-state index contributed by atoms with van der Waals surface area (Å²) >= 11 is 2.34. The maximum atomic E-state index is 8.82. The van der Waals surface area contributed by atoms with Crippen LogP contribution in [0.15, 0.2) is 413 Å². The van der Waals surface area contributed by atoms with E-state index in [2.05, 4.69) is 393 Å². The van der Waals surface area contributed by atoms with E-state index in [1.54, 1.807) is 0 Å². The van der Waals surface area contributed by atoms with E-state index in [0.717, 1.165) is 34.1 Å². The monoisotopic (exact) mass is 1450 g/mol. The van der Waals surface area contributed by atoms with Crippen molar-refractivity contribution in [3.63, 3.8) is 0 Å². The summed E-state index contributed by atoms with van der Waals surface area (Å²) in [6.45, 7) is 0. The molecule has 0 aliphatic rings. The minimum atomic E-state index is 0.582. The molecule has 0 amide bonds. The Morgan fingerprint density at radius 3 is 0.721 bits per heavy atom. The molecule has 1 radical (unpaired) electrons. The van der Waals surface area contributed by atoms with Gasteiger partial charge in [0, 0.05) is 70.6 Å². The Kier molecular flexibility index (Phi) is 19.4. The molecule has 16 aromatic carbocycles. The summed E-state index contributed by atoms with van der Waals surface area (Å²) in [7, 11) is 0.687. The molecule has 0 unspecified atom stereocenters. The zero-order chi connectivity index (χ0) is 70.0. The smallest absolute Gasteiger partial charge is 0.537 e. The van der Waals surface area contributed by atoms with Gasteiger partial charge < -0.3 is 28.6 Å². The highest BCUT2D eigenvalue weighted by Crippen LogP contribution is 2.41. The molecular weight excluding hydrogens is 1380 g/mol. The number of hydrogen-bond acceptors (Lipinski definition) is 4. The molecular formula is C96H69BIN4O2. The van der Waals surface area contributed by atoms with E-state index in [1.807, 2.05) is 60.7 Å². The highest BCUT2D eigenvalue weighted by Gasteiger charge is 2.18. The lowest BCUT2D eigenvalue weighted by molar-refractivity contribution is 0.454. The number of hydrogen-bond donors (Lipinski definition) is 1. The first-order valence-electron chi connectivity index (χ1n) is 34.8. The number of fused-ring (bicyclic) bond motifs is 6. The molecule has 0 aliphatic carbocycles. The van der Waals surface area contributed by atoms with Crippen LogP contribution in [0, 0.1) is 3.57 Å². The van der Waals surface area contributed by atoms with Crippen molar-refractivity contribution in [3.05, 3.63) is 416 Å². The second kappa shape index (κ2) is 30.6. The molecule has 8 heteroatoms. The molecule has 0 saturated carbocycles. The van der Waals surface area contributed by atoms with Crippen LogP contribution in [0.25, 0.3) is 111 Å². The van der Waals surface area contributed by atoms with Gasteiger partial charge in [-0.15, -0.1) is 0 Å². The summed E-state index contributed by atoms with van der Waals surface area (Å²) in [5.74, 6) is 0.582. The van der Waals surface area contributed by atoms with Crippen molar-refractivity contribution in [1.82, 2.24) is 9.13 Å². The van der Waals surface area contributed by atoms with E-state index < -0.39 is 0 Å². The van der Waals surface area contributed by atoms with Gasteiger partial charge in [0.25, 0.3) is 0 Å². The standard InChI is InChI=1S/C48H34N2.C24H19BNO2.C24H16IN/c1-3-11-35(12-4-1)38-23-29-42(30-24-38)49(41-13-5-2-6-14-41)43-31-25-39(26-32-43)36-19-21-37(22-20-36)40-27-33-44(34-28-40)50-47-17-9-7-15-45(47)46-16-8-10-18-48(46)50;27-25-28-24-17-15-23(16-18-24)26(21-9-5-2-6-10-21)22-13-11-20(12-14-22)19-7-3-1-4-8-19;25-19-13-9-17(10-14-19)18-11-15-20(16-12-18)26-23-7-3-1-5-21(23)22-6-2-4-8-24(22)26/h1-34H;1-18,27H;1-16H. The van der Waals surface area contributed by atoms with Gasteiger partial charge in [-0.2, -0.15) is 0 Å². The molecule has 18 rings (SSSR count). The van der Waals surface area contributed by atoms with Crippen molar-refractivity contribution >= 4 is 108 Å². The Hall–Kier alpha value is -12.7. The Morgan fingerprint density at radius 1 is 0.221 bits per heavy atom. The van der Waals surface area contributed by atoms with Crippen molar-refractivity contribution in [3.8, 4) is 72.8 Å². The highest BCUT2D eigenvalue weighted by atomic mass is 127. The summed E-state index contributed by atoms with van der Waals surface area (Å²) in [6, 6.07) is 145. The Bertz CT molecular complexity index is 5760. The quantitative estimate of drug-likeness (QED) is 0.0821. The molecule has 0 saturated heterocycles. The minimum absolute atomic E-state index is 0.582. The predicted octanol–water partition coefficient (Wildman–Crippen LogP) is 26.0. The topological polar surface area (TPSA) is 45.8 Å². The first kappa shape index (κ1) is 65.9. The van der Waals surface area contributed by atoms with Gasteiger partial charge in [-0.05, 0) is 224 Å². The predicted molar refractivity (Wildman–Crippen MR) is 446 cm³/mol. The van der Waals surface area contributed by atoms with E-state index in [4.69, 9.17) is 9.68 Å². The average Bonchev–Trinajstić information content (AvgIpc) is 1.67. The van der Waals surface area contributed by atoms with Crippen molar-refractivity contribution in [2.24, 2.45) is 0 Å². The number of rotatable bonds is 15. The number of halogens is 1. The fraction of sp³-hybridized carbons (Fsp3) is 0. The van der Waals surface area contributed by atoms with Gasteiger partial charge in [-0.3, -0.25) is 0 Å². The van der Waals surface area contributed by atoms with Crippen molar-refractivity contribution in [2.45, 2.75) is 0 Å². The fourth-order valence-corrected chi connectivity index (χ4v) is 14.3. The molecule has 1 N–H and O–H groups in total. The number of nitrogens with zero attached hydrogens (tertiary/aromatic N) is 4. The van der Waals surface area contributed by atoms with Crippen LogP contribution in [0.2, 0.25) is 0 Å². The second-order valence-corrected chi connectivity index (χ2v) is 26.6. The lowest BCUT2D eigenvalue weighted by Gasteiger charge is -2.26. The van der Waals surface area contributed by atoms with Gasteiger partial charge in [0.05, 0.1) is 22.1 Å². The van der Waals surface area contributed by atoms with Gasteiger partial charge in [-0.25, -0.2) is 0 Å². The summed E-state index contributed by atoms with van der Waals surface area (Å²) in [5.41, 5.74) is 25.9. The molecule has 0 fully saturated rings. The molecule has 104 heavy (non-hydrogen) atoms. The Labute approximate surface area is 620 Å². The summed E-state index contributed by atoms with van der Waals surface area (Å²) in [5, 5.41) is 14.0. The number of benzene rings is 16. The third kappa shape index (κ3) is 14.1. The molecule has 18 aromatic rings. The second-order valence-electron chi connectivity index (χ2n) is 25.3. The minimum Gasteiger partial charge on any atom is -0.537 e. The molecule has 2 heterocycles. The number of aromatic nitrogens is 2. The molecule has 495 valence electrons.